The minimum absolute atomic E-state index is 0.0646. The number of nitrogens with zero attached hydrogens (tertiary/aromatic N) is 1. The largest absolute Gasteiger partial charge is 0.478 e. The number of methoxy groups -OCH3 is 1. The number of aromatic carboxylic acids is 1. The van der Waals surface area contributed by atoms with E-state index in [1.54, 1.807) is 23.8 Å². The summed E-state index contributed by atoms with van der Waals surface area (Å²) in [4.78, 5) is 25.7. The molecule has 0 fully saturated rings. The fourth-order valence-corrected chi connectivity index (χ4v) is 2.18. The average Bonchev–Trinajstić information content (AvgIpc) is 2.71. The molecule has 0 saturated carbocycles. The molecule has 0 aliphatic rings. The number of benzene rings is 1. The number of nitrogens with one attached hydrogen (secondary N) is 1. The van der Waals surface area contributed by atoms with E-state index < -0.39 is 5.97 Å². The van der Waals surface area contributed by atoms with Crippen molar-refractivity contribution in [1.82, 2.24) is 9.55 Å². The van der Waals surface area contributed by atoms with Crippen LogP contribution >= 0.6 is 0 Å². The number of rotatable bonds is 5. The summed E-state index contributed by atoms with van der Waals surface area (Å²) in [5.74, 6) is -1.05. The molecule has 102 valence electrons. The van der Waals surface area contributed by atoms with Crippen molar-refractivity contribution in [3.8, 4) is 0 Å². The van der Waals surface area contributed by atoms with E-state index in [2.05, 4.69) is 4.98 Å². The molecule has 19 heavy (non-hydrogen) atoms. The first kappa shape index (κ1) is 13.4. The summed E-state index contributed by atoms with van der Waals surface area (Å²) in [6.07, 6.45) is 0.681. The molecule has 0 radical (unpaired) electrons. The highest BCUT2D eigenvalue weighted by atomic mass is 16.5. The van der Waals surface area contributed by atoms with Gasteiger partial charge in [0.25, 0.3) is 0 Å². The summed E-state index contributed by atoms with van der Waals surface area (Å²) in [5, 5.41) is 9.11. The van der Waals surface area contributed by atoms with Crippen molar-refractivity contribution in [2.45, 2.75) is 19.4 Å². The molecule has 0 bridgehead atoms. The number of fused-ring (bicyclic) bond motifs is 1. The van der Waals surface area contributed by atoms with Crippen LogP contribution in [-0.2, 0) is 4.74 Å². The number of hydrogen-bond acceptors (Lipinski definition) is 3. The summed E-state index contributed by atoms with van der Waals surface area (Å²) in [7, 11) is 1.60. The molecule has 1 aromatic carbocycles. The van der Waals surface area contributed by atoms with Gasteiger partial charge in [0, 0.05) is 19.8 Å². The van der Waals surface area contributed by atoms with Gasteiger partial charge in [0.1, 0.15) is 0 Å². The van der Waals surface area contributed by atoms with E-state index in [0.29, 0.717) is 24.1 Å². The van der Waals surface area contributed by atoms with E-state index in [1.807, 2.05) is 6.92 Å². The van der Waals surface area contributed by atoms with Crippen molar-refractivity contribution < 1.29 is 14.6 Å². The molecule has 0 amide bonds. The quantitative estimate of drug-likeness (QED) is 0.859. The van der Waals surface area contributed by atoms with E-state index in [-0.39, 0.29) is 17.3 Å². The molecule has 2 aromatic rings. The zero-order chi connectivity index (χ0) is 14.0. The Morgan fingerprint density at radius 1 is 1.53 bits per heavy atom. The lowest BCUT2D eigenvalue weighted by Gasteiger charge is -2.12. The lowest BCUT2D eigenvalue weighted by Crippen LogP contribution is -2.21. The highest BCUT2D eigenvalue weighted by Crippen LogP contribution is 2.20. The topological polar surface area (TPSA) is 84.3 Å². The van der Waals surface area contributed by atoms with Gasteiger partial charge in [-0.2, -0.15) is 0 Å². The number of carboxylic acid groups (broad SMARTS) is 1. The van der Waals surface area contributed by atoms with E-state index >= 15 is 0 Å². The van der Waals surface area contributed by atoms with Crippen molar-refractivity contribution in [3.63, 3.8) is 0 Å². The van der Waals surface area contributed by atoms with Crippen LogP contribution in [0, 0.1) is 0 Å². The first-order chi connectivity index (χ1) is 9.06. The predicted molar refractivity (Wildman–Crippen MR) is 70.7 cm³/mol. The van der Waals surface area contributed by atoms with Gasteiger partial charge in [0.05, 0.1) is 16.6 Å². The van der Waals surface area contributed by atoms with Crippen molar-refractivity contribution in [1.29, 1.82) is 0 Å². The molecule has 0 saturated heterocycles. The van der Waals surface area contributed by atoms with Gasteiger partial charge in [-0.1, -0.05) is 6.07 Å². The third-order valence-corrected chi connectivity index (χ3v) is 3.16. The minimum Gasteiger partial charge on any atom is -0.478 e. The van der Waals surface area contributed by atoms with Crippen LogP contribution in [0.5, 0.6) is 0 Å². The molecule has 2 rings (SSSR count). The van der Waals surface area contributed by atoms with Crippen LogP contribution in [0.4, 0.5) is 0 Å². The summed E-state index contributed by atoms with van der Waals surface area (Å²) >= 11 is 0. The Morgan fingerprint density at radius 2 is 2.26 bits per heavy atom. The van der Waals surface area contributed by atoms with E-state index in [0.717, 1.165) is 0 Å². The third kappa shape index (κ3) is 2.39. The Morgan fingerprint density at radius 3 is 2.89 bits per heavy atom. The number of para-hydroxylation sites is 1. The second-order valence-corrected chi connectivity index (χ2v) is 4.44. The van der Waals surface area contributed by atoms with Gasteiger partial charge in [-0.3, -0.25) is 4.57 Å². The van der Waals surface area contributed by atoms with E-state index in [9.17, 15) is 9.59 Å². The molecular formula is C13H16N2O4. The summed E-state index contributed by atoms with van der Waals surface area (Å²) in [6.45, 7) is 2.44. The van der Waals surface area contributed by atoms with Crippen molar-refractivity contribution >= 4 is 17.0 Å². The van der Waals surface area contributed by atoms with Gasteiger partial charge in [0.2, 0.25) is 0 Å². The first-order valence-corrected chi connectivity index (χ1v) is 6.01. The molecule has 0 aliphatic heterocycles. The summed E-state index contributed by atoms with van der Waals surface area (Å²) in [5.41, 5.74) is 0.775. The van der Waals surface area contributed by atoms with Gasteiger partial charge in [-0.25, -0.2) is 9.59 Å². The molecule has 6 nitrogen and oxygen atoms in total. The fourth-order valence-electron chi connectivity index (χ4n) is 2.18. The Labute approximate surface area is 109 Å². The van der Waals surface area contributed by atoms with Gasteiger partial charge < -0.3 is 14.8 Å². The Kier molecular flexibility index (Phi) is 3.71. The molecule has 6 heteroatoms. The third-order valence-electron chi connectivity index (χ3n) is 3.16. The highest BCUT2D eigenvalue weighted by molar-refractivity contribution is 6.00. The molecule has 1 aromatic heterocycles. The first-order valence-electron chi connectivity index (χ1n) is 6.01. The van der Waals surface area contributed by atoms with E-state index in [4.69, 9.17) is 9.84 Å². The average molecular weight is 264 g/mol. The summed E-state index contributed by atoms with van der Waals surface area (Å²) < 4.78 is 6.57. The fraction of sp³-hybridized carbons (Fsp3) is 0.385. The lowest BCUT2D eigenvalue weighted by molar-refractivity contribution is 0.0699. The van der Waals surface area contributed by atoms with Gasteiger partial charge in [-0.05, 0) is 25.5 Å². The van der Waals surface area contributed by atoms with Crippen LogP contribution in [-0.4, -0.2) is 34.3 Å². The van der Waals surface area contributed by atoms with Crippen LogP contribution in [0.3, 0.4) is 0 Å². The standard InChI is InChI=1S/C13H16N2O4/c1-8(6-7-19-2)15-10-5-3-4-9(12(16)17)11(10)14-13(15)18/h3-5,8H,6-7H2,1-2H3,(H,14,18)(H,16,17). The van der Waals surface area contributed by atoms with Gasteiger partial charge in [0.15, 0.2) is 0 Å². The zero-order valence-electron chi connectivity index (χ0n) is 10.8. The van der Waals surface area contributed by atoms with Crippen LogP contribution in [0.2, 0.25) is 0 Å². The number of ether oxygens (including phenoxy) is 1. The molecule has 1 unspecified atom stereocenters. The SMILES string of the molecule is COCCC(C)n1c(=O)[nH]c2c(C(=O)O)cccc21. The normalized spacial score (nSPS) is 12.7. The van der Waals surface area contributed by atoms with Crippen LogP contribution in [0.25, 0.3) is 11.0 Å². The zero-order valence-corrected chi connectivity index (χ0v) is 10.8. The molecule has 1 heterocycles. The molecule has 1 atom stereocenters. The Hall–Kier alpha value is -2.08. The number of hydrogen-bond donors (Lipinski definition) is 2. The molecular weight excluding hydrogens is 248 g/mol. The Bertz CT molecular complexity index is 656. The van der Waals surface area contributed by atoms with Gasteiger partial charge in [-0.15, -0.1) is 0 Å². The second kappa shape index (κ2) is 5.27. The maximum Gasteiger partial charge on any atom is 0.337 e. The molecule has 0 spiro atoms. The number of aromatic amines is 1. The smallest absolute Gasteiger partial charge is 0.337 e. The minimum atomic E-state index is -1.05. The monoisotopic (exact) mass is 264 g/mol. The number of aromatic nitrogens is 2. The number of imidazole rings is 1. The van der Waals surface area contributed by atoms with E-state index in [1.165, 1.54) is 6.07 Å². The van der Waals surface area contributed by atoms with Crippen molar-refractivity contribution in [2.75, 3.05) is 13.7 Å². The molecule has 2 N–H and O–H groups in total. The predicted octanol–water partition coefficient (Wildman–Crippen LogP) is 1.63. The summed E-state index contributed by atoms with van der Waals surface area (Å²) in [6, 6.07) is 4.79. The van der Waals surface area contributed by atoms with Crippen LogP contribution < -0.4 is 5.69 Å². The maximum absolute atomic E-state index is 12.0. The number of carboxylic acids is 1. The second-order valence-electron chi connectivity index (χ2n) is 4.44. The number of H-pyrrole nitrogens is 1. The number of carbonyl (C=O) groups is 1. The van der Waals surface area contributed by atoms with Crippen molar-refractivity contribution in [3.05, 3.63) is 34.2 Å². The molecule has 0 aliphatic carbocycles. The van der Waals surface area contributed by atoms with Crippen molar-refractivity contribution in [2.24, 2.45) is 0 Å². The maximum atomic E-state index is 12.0. The van der Waals surface area contributed by atoms with Crippen LogP contribution in [0.1, 0.15) is 29.7 Å². The van der Waals surface area contributed by atoms with Crippen LogP contribution in [0.15, 0.2) is 23.0 Å². The van der Waals surface area contributed by atoms with Gasteiger partial charge >= 0.3 is 11.7 Å². The Balaban J connectivity index is 2.57. The lowest BCUT2D eigenvalue weighted by atomic mass is 10.1. The highest BCUT2D eigenvalue weighted by Gasteiger charge is 2.17.